The van der Waals surface area contributed by atoms with Gasteiger partial charge in [0, 0.05) is 12.8 Å². The Bertz CT molecular complexity index is 542. The molecule has 0 fully saturated rings. The van der Waals surface area contributed by atoms with Crippen LogP contribution in [-0.4, -0.2) is 64.9 Å². The minimum Gasteiger partial charge on any atom is -0.480 e. The van der Waals surface area contributed by atoms with Gasteiger partial charge in [-0.2, -0.15) is 0 Å². The number of aliphatic carboxylic acids is 1. The summed E-state index contributed by atoms with van der Waals surface area (Å²) in [5.41, 5.74) is 0. The lowest BCUT2D eigenvalue weighted by molar-refractivity contribution is -0.147. The van der Waals surface area contributed by atoms with Crippen molar-refractivity contribution < 1.29 is 47.8 Å². The standard InChI is InChI=1S/C16H30NO10P/c1-3-5-6-8-15(20)25-9-12(18)10-26-28(23,24)27-11-13(16(21)22)17-14(19)7-4-2/h12-13,18H,3-11H2,1-2H3,(H,17,19)(H,21,22)(H,23,24). The number of nitrogens with one attached hydrogen (secondary N) is 1. The van der Waals surface area contributed by atoms with Gasteiger partial charge in [0.05, 0.1) is 13.2 Å². The van der Waals surface area contributed by atoms with Gasteiger partial charge >= 0.3 is 19.8 Å². The number of phosphoric acid groups is 1. The maximum Gasteiger partial charge on any atom is 0.472 e. The molecule has 28 heavy (non-hydrogen) atoms. The van der Waals surface area contributed by atoms with E-state index in [4.69, 9.17) is 9.84 Å². The Kier molecular flexibility index (Phi) is 13.7. The van der Waals surface area contributed by atoms with Crippen molar-refractivity contribution in [1.82, 2.24) is 5.32 Å². The second-order valence-corrected chi connectivity index (χ2v) is 7.52. The molecule has 3 atom stereocenters. The van der Waals surface area contributed by atoms with E-state index < -0.39 is 57.6 Å². The zero-order chi connectivity index (χ0) is 21.6. The van der Waals surface area contributed by atoms with E-state index in [0.29, 0.717) is 12.8 Å². The lowest BCUT2D eigenvalue weighted by atomic mass is 10.2. The SMILES string of the molecule is CCCCCC(=O)OCC(O)COP(=O)(O)OCC(NC(=O)CCC)C(=O)O. The number of phosphoric ester groups is 1. The van der Waals surface area contributed by atoms with Gasteiger partial charge in [-0.15, -0.1) is 0 Å². The molecule has 0 spiro atoms. The number of ether oxygens (including phenoxy) is 1. The average molecular weight is 427 g/mol. The number of hydrogen-bond acceptors (Lipinski definition) is 8. The van der Waals surface area contributed by atoms with Crippen molar-refractivity contribution in [2.45, 2.75) is 64.5 Å². The van der Waals surface area contributed by atoms with E-state index >= 15 is 0 Å². The summed E-state index contributed by atoms with van der Waals surface area (Å²) in [4.78, 5) is 43.5. The molecule has 0 heterocycles. The minimum atomic E-state index is -4.68. The summed E-state index contributed by atoms with van der Waals surface area (Å²) in [6, 6.07) is -1.53. The van der Waals surface area contributed by atoms with Crippen LogP contribution in [0.15, 0.2) is 0 Å². The van der Waals surface area contributed by atoms with E-state index in [0.717, 1.165) is 12.8 Å². The van der Waals surface area contributed by atoms with E-state index in [1.165, 1.54) is 0 Å². The fourth-order valence-electron chi connectivity index (χ4n) is 1.88. The van der Waals surface area contributed by atoms with Crippen LogP contribution in [0.2, 0.25) is 0 Å². The number of esters is 1. The first kappa shape index (κ1) is 26.5. The molecule has 0 aliphatic rings. The van der Waals surface area contributed by atoms with Crippen molar-refractivity contribution in [2.24, 2.45) is 0 Å². The first-order chi connectivity index (χ1) is 13.1. The summed E-state index contributed by atoms with van der Waals surface area (Å²) in [5.74, 6) is -2.48. The van der Waals surface area contributed by atoms with Crippen molar-refractivity contribution in [3.05, 3.63) is 0 Å². The lowest BCUT2D eigenvalue weighted by Crippen LogP contribution is -2.43. The highest BCUT2D eigenvalue weighted by molar-refractivity contribution is 7.47. The van der Waals surface area contributed by atoms with Gasteiger partial charge < -0.3 is 25.2 Å². The molecular formula is C16H30NO10P. The number of rotatable bonds is 16. The van der Waals surface area contributed by atoms with Crippen LogP contribution in [0.25, 0.3) is 0 Å². The molecule has 0 aromatic rings. The molecule has 0 rings (SSSR count). The Morgan fingerprint density at radius 1 is 1.00 bits per heavy atom. The van der Waals surface area contributed by atoms with Gasteiger partial charge in [-0.05, 0) is 12.8 Å². The van der Waals surface area contributed by atoms with Gasteiger partial charge in [0.1, 0.15) is 12.7 Å². The van der Waals surface area contributed by atoms with Crippen molar-refractivity contribution in [3.63, 3.8) is 0 Å². The summed E-state index contributed by atoms with van der Waals surface area (Å²) >= 11 is 0. The fourth-order valence-corrected chi connectivity index (χ4v) is 2.66. The molecule has 0 saturated carbocycles. The predicted octanol–water partition coefficient (Wildman–Crippen LogP) is 0.974. The van der Waals surface area contributed by atoms with Crippen molar-refractivity contribution in [2.75, 3.05) is 19.8 Å². The Hall–Kier alpha value is -1.52. The normalized spacial score (nSPS) is 15.3. The van der Waals surface area contributed by atoms with Crippen LogP contribution >= 0.6 is 7.82 Å². The molecule has 0 aliphatic carbocycles. The largest absolute Gasteiger partial charge is 0.480 e. The summed E-state index contributed by atoms with van der Waals surface area (Å²) in [7, 11) is -4.68. The summed E-state index contributed by atoms with van der Waals surface area (Å²) in [5, 5.41) is 20.8. The molecule has 0 radical (unpaired) electrons. The molecular weight excluding hydrogens is 397 g/mol. The molecule has 0 aromatic heterocycles. The number of carbonyl (C=O) groups excluding carboxylic acids is 2. The Morgan fingerprint density at radius 3 is 2.21 bits per heavy atom. The fraction of sp³-hybridized carbons (Fsp3) is 0.812. The molecule has 1 amide bonds. The highest BCUT2D eigenvalue weighted by Gasteiger charge is 2.28. The Morgan fingerprint density at radius 2 is 1.64 bits per heavy atom. The summed E-state index contributed by atoms with van der Waals surface area (Å²) in [6.45, 7) is 1.82. The van der Waals surface area contributed by atoms with E-state index in [1.54, 1.807) is 6.92 Å². The van der Waals surface area contributed by atoms with Gasteiger partial charge in [-0.1, -0.05) is 26.7 Å². The zero-order valence-corrected chi connectivity index (χ0v) is 17.1. The maximum atomic E-state index is 11.8. The van der Waals surface area contributed by atoms with Crippen molar-refractivity contribution in [1.29, 1.82) is 0 Å². The number of aliphatic hydroxyl groups excluding tert-OH is 1. The number of aliphatic hydroxyl groups is 1. The Balaban J connectivity index is 4.26. The number of unbranched alkanes of at least 4 members (excludes halogenated alkanes) is 2. The zero-order valence-electron chi connectivity index (χ0n) is 16.2. The second kappa shape index (κ2) is 14.5. The van der Waals surface area contributed by atoms with Crippen LogP contribution in [0, 0.1) is 0 Å². The van der Waals surface area contributed by atoms with Gasteiger partial charge in [0.2, 0.25) is 5.91 Å². The molecule has 164 valence electrons. The number of carbonyl (C=O) groups is 3. The van der Waals surface area contributed by atoms with Crippen LogP contribution in [0.1, 0.15) is 52.4 Å². The Labute approximate surface area is 164 Å². The number of carboxylic acids is 1. The molecule has 11 nitrogen and oxygen atoms in total. The first-order valence-electron chi connectivity index (χ1n) is 9.09. The van der Waals surface area contributed by atoms with Gasteiger partial charge in [0.25, 0.3) is 0 Å². The topological polar surface area (TPSA) is 169 Å². The lowest BCUT2D eigenvalue weighted by Gasteiger charge is -2.18. The predicted molar refractivity (Wildman–Crippen MR) is 97.3 cm³/mol. The van der Waals surface area contributed by atoms with Crippen LogP contribution in [-0.2, 0) is 32.7 Å². The maximum absolute atomic E-state index is 11.8. The van der Waals surface area contributed by atoms with Crippen LogP contribution < -0.4 is 5.32 Å². The van der Waals surface area contributed by atoms with E-state index in [-0.39, 0.29) is 12.8 Å². The van der Waals surface area contributed by atoms with Crippen LogP contribution in [0.3, 0.4) is 0 Å². The third kappa shape index (κ3) is 13.6. The number of hydrogen-bond donors (Lipinski definition) is 4. The first-order valence-corrected chi connectivity index (χ1v) is 10.6. The summed E-state index contributed by atoms with van der Waals surface area (Å²) < 4.78 is 25.7. The highest BCUT2D eigenvalue weighted by Crippen LogP contribution is 2.43. The third-order valence-electron chi connectivity index (χ3n) is 3.37. The third-order valence-corrected chi connectivity index (χ3v) is 4.32. The second-order valence-electron chi connectivity index (χ2n) is 6.06. The van der Waals surface area contributed by atoms with E-state index in [2.05, 4.69) is 14.4 Å². The molecule has 0 aromatic carbocycles. The van der Waals surface area contributed by atoms with Gasteiger partial charge in [0.15, 0.2) is 6.04 Å². The number of carboxylic acid groups (broad SMARTS) is 1. The highest BCUT2D eigenvalue weighted by atomic mass is 31.2. The molecule has 12 heteroatoms. The van der Waals surface area contributed by atoms with Crippen molar-refractivity contribution in [3.8, 4) is 0 Å². The van der Waals surface area contributed by atoms with Gasteiger partial charge in [-0.25, -0.2) is 9.36 Å². The monoisotopic (exact) mass is 427 g/mol. The van der Waals surface area contributed by atoms with E-state index in [9.17, 15) is 28.9 Å². The molecule has 0 saturated heterocycles. The average Bonchev–Trinajstić information content (AvgIpc) is 2.62. The minimum absolute atomic E-state index is 0.0976. The van der Waals surface area contributed by atoms with Crippen LogP contribution in [0.4, 0.5) is 0 Å². The quantitative estimate of drug-likeness (QED) is 0.158. The van der Waals surface area contributed by atoms with E-state index in [1.807, 2.05) is 6.92 Å². The smallest absolute Gasteiger partial charge is 0.472 e. The molecule has 0 bridgehead atoms. The molecule has 0 aliphatic heterocycles. The van der Waals surface area contributed by atoms with Crippen LogP contribution in [0.5, 0.6) is 0 Å². The van der Waals surface area contributed by atoms with Gasteiger partial charge in [-0.3, -0.25) is 18.6 Å². The van der Waals surface area contributed by atoms with Crippen molar-refractivity contribution >= 4 is 25.7 Å². The summed E-state index contributed by atoms with van der Waals surface area (Å²) in [6.07, 6.45) is 1.94. The molecule has 4 N–H and O–H groups in total. The molecule has 3 unspecified atom stereocenters. The number of amides is 1.